The molecule has 0 aliphatic heterocycles. The number of carbonyl (C=O) groups excluding carboxylic acids is 1. The molecule has 9 nitrogen and oxygen atoms in total. The first kappa shape index (κ1) is 18.3. The maximum Gasteiger partial charge on any atom is 0.326 e. The first-order valence-corrected chi connectivity index (χ1v) is 6.25. The van der Waals surface area contributed by atoms with Crippen molar-refractivity contribution in [3.8, 4) is 0 Å². The van der Waals surface area contributed by atoms with Crippen LogP contribution in [0.15, 0.2) is 0 Å². The Labute approximate surface area is 116 Å². The van der Waals surface area contributed by atoms with Crippen LogP contribution in [0.25, 0.3) is 0 Å². The van der Waals surface area contributed by atoms with Gasteiger partial charge in [-0.1, -0.05) is 0 Å². The summed E-state index contributed by atoms with van der Waals surface area (Å²) in [6.45, 7) is 0. The molecular weight excluding hydrogens is 268 g/mol. The van der Waals surface area contributed by atoms with Crippen LogP contribution in [0.2, 0.25) is 0 Å². The van der Waals surface area contributed by atoms with Crippen LogP contribution in [-0.2, 0) is 14.4 Å². The van der Waals surface area contributed by atoms with Crippen molar-refractivity contribution in [1.82, 2.24) is 5.32 Å². The second-order valence-corrected chi connectivity index (χ2v) is 4.54. The van der Waals surface area contributed by atoms with Gasteiger partial charge in [-0.25, -0.2) is 4.79 Å². The normalized spacial score (nSPS) is 13.8. The molecule has 0 rings (SSSR count). The molecule has 0 aliphatic rings. The van der Waals surface area contributed by atoms with Crippen LogP contribution in [0.5, 0.6) is 0 Å². The van der Waals surface area contributed by atoms with E-state index in [-0.39, 0.29) is 19.3 Å². The number of carboxylic acids is 2. The zero-order valence-corrected chi connectivity index (χ0v) is 11.1. The molecule has 9 heteroatoms. The lowest BCUT2D eigenvalue weighted by atomic mass is 10.1. The van der Waals surface area contributed by atoms with Gasteiger partial charge < -0.3 is 32.7 Å². The molecule has 0 bridgehead atoms. The van der Waals surface area contributed by atoms with E-state index < -0.39 is 36.1 Å². The van der Waals surface area contributed by atoms with Gasteiger partial charge >= 0.3 is 11.9 Å². The number of amides is 1. The summed E-state index contributed by atoms with van der Waals surface area (Å²) in [5.41, 5.74) is 15.9. The van der Waals surface area contributed by atoms with E-state index in [1.807, 2.05) is 0 Å². The molecule has 0 aliphatic carbocycles. The van der Waals surface area contributed by atoms with Crippen molar-refractivity contribution in [2.75, 3.05) is 0 Å². The lowest BCUT2D eigenvalue weighted by molar-refractivity contribution is -0.142. The topological polar surface area (TPSA) is 182 Å². The molecule has 0 saturated carbocycles. The molecule has 0 aromatic heterocycles. The molecule has 0 unspecified atom stereocenters. The Morgan fingerprint density at radius 3 is 2.00 bits per heavy atom. The number of carbonyl (C=O) groups is 3. The van der Waals surface area contributed by atoms with Gasteiger partial charge in [-0.3, -0.25) is 9.59 Å². The van der Waals surface area contributed by atoms with Crippen LogP contribution in [0, 0.1) is 0 Å². The van der Waals surface area contributed by atoms with Crippen molar-refractivity contribution < 1.29 is 24.6 Å². The van der Waals surface area contributed by atoms with Crippen molar-refractivity contribution >= 4 is 17.8 Å². The average Bonchev–Trinajstić information content (AvgIpc) is 2.33. The van der Waals surface area contributed by atoms with Gasteiger partial charge in [0.15, 0.2) is 0 Å². The van der Waals surface area contributed by atoms with Crippen LogP contribution in [0.3, 0.4) is 0 Å². The van der Waals surface area contributed by atoms with Crippen LogP contribution in [-0.4, -0.2) is 46.3 Å². The summed E-state index contributed by atoms with van der Waals surface area (Å²) in [5, 5.41) is 19.8. The Balaban J connectivity index is 4.14. The van der Waals surface area contributed by atoms with E-state index in [1.165, 1.54) is 0 Å². The second kappa shape index (κ2) is 9.23. The molecule has 0 heterocycles. The van der Waals surface area contributed by atoms with E-state index >= 15 is 0 Å². The highest BCUT2D eigenvalue weighted by molar-refractivity contribution is 5.84. The number of aliphatic carboxylic acids is 2. The highest BCUT2D eigenvalue weighted by atomic mass is 16.4. The number of hydrogen-bond acceptors (Lipinski definition) is 6. The van der Waals surface area contributed by atoms with Crippen LogP contribution < -0.4 is 22.5 Å². The smallest absolute Gasteiger partial charge is 0.326 e. The van der Waals surface area contributed by atoms with E-state index in [2.05, 4.69) is 5.32 Å². The van der Waals surface area contributed by atoms with Gasteiger partial charge in [0.1, 0.15) is 12.1 Å². The minimum Gasteiger partial charge on any atom is -0.480 e. The Kier molecular flexibility index (Phi) is 8.45. The quantitative estimate of drug-likeness (QED) is 0.254. The Bertz CT molecular complexity index is 348. The summed E-state index contributed by atoms with van der Waals surface area (Å²) < 4.78 is 0. The predicted octanol–water partition coefficient (Wildman–Crippen LogP) is -1.84. The Hall–Kier alpha value is -1.71. The average molecular weight is 290 g/mol. The molecule has 116 valence electrons. The van der Waals surface area contributed by atoms with Crippen molar-refractivity contribution in [3.63, 3.8) is 0 Å². The van der Waals surface area contributed by atoms with E-state index in [1.54, 1.807) is 0 Å². The zero-order valence-electron chi connectivity index (χ0n) is 11.1. The summed E-state index contributed by atoms with van der Waals surface area (Å²) >= 11 is 0. The summed E-state index contributed by atoms with van der Waals surface area (Å²) in [4.78, 5) is 32.9. The number of hydrogen-bond donors (Lipinski definition) is 6. The van der Waals surface area contributed by atoms with E-state index in [4.69, 9.17) is 27.4 Å². The maximum atomic E-state index is 11.5. The molecule has 0 aromatic carbocycles. The van der Waals surface area contributed by atoms with Crippen LogP contribution in [0.4, 0.5) is 0 Å². The Morgan fingerprint density at radius 1 is 0.950 bits per heavy atom. The fourth-order valence-corrected chi connectivity index (χ4v) is 1.49. The van der Waals surface area contributed by atoms with Crippen molar-refractivity contribution in [1.29, 1.82) is 0 Å². The molecule has 20 heavy (non-hydrogen) atoms. The molecule has 0 saturated heterocycles. The number of carboxylic acid groups (broad SMARTS) is 2. The number of nitrogens with one attached hydrogen (secondary N) is 1. The summed E-state index contributed by atoms with van der Waals surface area (Å²) in [6.07, 6.45) is 0.396. The molecule has 2 atom stereocenters. The minimum absolute atomic E-state index is 0.0544. The van der Waals surface area contributed by atoms with Crippen molar-refractivity contribution in [3.05, 3.63) is 0 Å². The third kappa shape index (κ3) is 8.40. The first-order chi connectivity index (χ1) is 9.23. The van der Waals surface area contributed by atoms with Gasteiger partial charge in [-0.15, -0.1) is 0 Å². The number of rotatable bonds is 10. The molecule has 0 radical (unpaired) electrons. The third-order valence-corrected chi connectivity index (χ3v) is 2.66. The van der Waals surface area contributed by atoms with Crippen LogP contribution in [0.1, 0.15) is 32.1 Å². The third-order valence-electron chi connectivity index (χ3n) is 2.66. The highest BCUT2D eigenvalue weighted by Gasteiger charge is 2.20. The van der Waals surface area contributed by atoms with Gasteiger partial charge in [0.25, 0.3) is 0 Å². The molecule has 0 spiro atoms. The van der Waals surface area contributed by atoms with Crippen molar-refractivity contribution in [2.24, 2.45) is 17.2 Å². The molecule has 0 aromatic rings. The number of nitrogens with two attached hydrogens (primary N) is 3. The Morgan fingerprint density at radius 2 is 1.55 bits per heavy atom. The van der Waals surface area contributed by atoms with Crippen molar-refractivity contribution in [2.45, 2.75) is 50.4 Å². The van der Waals surface area contributed by atoms with Gasteiger partial charge in [0, 0.05) is 6.42 Å². The summed E-state index contributed by atoms with van der Waals surface area (Å²) in [7, 11) is 0. The largest absolute Gasteiger partial charge is 0.480 e. The van der Waals surface area contributed by atoms with E-state index in [9.17, 15) is 14.4 Å². The van der Waals surface area contributed by atoms with Gasteiger partial charge in [0.2, 0.25) is 5.91 Å². The molecule has 9 N–H and O–H groups in total. The lowest BCUT2D eigenvalue weighted by Gasteiger charge is -2.15. The maximum absolute atomic E-state index is 11.5. The summed E-state index contributed by atoms with van der Waals surface area (Å²) in [6, 6.07) is -2.18. The SMILES string of the molecule is NC(N)CCC[C@H](NC(=O)CC[C@H](N)C(=O)O)C(=O)O. The lowest BCUT2D eigenvalue weighted by Crippen LogP contribution is -2.42. The molecular formula is C11H22N4O5. The molecule has 1 amide bonds. The van der Waals surface area contributed by atoms with Gasteiger partial charge in [-0.2, -0.15) is 0 Å². The minimum atomic E-state index is -1.20. The second-order valence-electron chi connectivity index (χ2n) is 4.54. The fourth-order valence-electron chi connectivity index (χ4n) is 1.49. The van der Waals surface area contributed by atoms with E-state index in [0.29, 0.717) is 12.8 Å². The monoisotopic (exact) mass is 290 g/mol. The standard InChI is InChI=1S/C11H22N4O5/c12-6(10(17)18)4-5-9(16)15-7(11(19)20)2-1-3-8(13)14/h6-8H,1-5,12-14H2,(H,15,16)(H,17,18)(H,19,20)/t6-,7-/m0/s1. The van der Waals surface area contributed by atoms with Gasteiger partial charge in [-0.05, 0) is 25.7 Å². The van der Waals surface area contributed by atoms with Crippen LogP contribution >= 0.6 is 0 Å². The van der Waals surface area contributed by atoms with Gasteiger partial charge in [0.05, 0.1) is 6.17 Å². The van der Waals surface area contributed by atoms with E-state index in [0.717, 1.165) is 0 Å². The highest BCUT2D eigenvalue weighted by Crippen LogP contribution is 2.03. The predicted molar refractivity (Wildman–Crippen MR) is 70.4 cm³/mol. The first-order valence-electron chi connectivity index (χ1n) is 6.25. The molecule has 0 fully saturated rings. The fraction of sp³-hybridized carbons (Fsp3) is 0.727. The zero-order chi connectivity index (χ0) is 15.7. The summed E-state index contributed by atoms with van der Waals surface area (Å²) in [5.74, 6) is -2.91.